The fraction of sp³-hybridized carbons (Fsp3) is 0.250. The van der Waals surface area contributed by atoms with Gasteiger partial charge in [-0.25, -0.2) is 4.79 Å². The third-order valence-electron chi connectivity index (χ3n) is 2.97. The van der Waals surface area contributed by atoms with Gasteiger partial charge in [0, 0.05) is 22.8 Å². The van der Waals surface area contributed by atoms with Crippen molar-refractivity contribution in [2.45, 2.75) is 13.1 Å². The zero-order valence-electron chi connectivity index (χ0n) is 12.7. The van der Waals surface area contributed by atoms with Crippen LogP contribution in [-0.4, -0.2) is 29.9 Å². The van der Waals surface area contributed by atoms with Crippen LogP contribution in [0.1, 0.15) is 9.75 Å². The quantitative estimate of drug-likeness (QED) is 0.721. The van der Waals surface area contributed by atoms with Gasteiger partial charge in [-0.3, -0.25) is 15.0 Å². The Morgan fingerprint density at radius 3 is 2.48 bits per heavy atom. The molecule has 0 saturated carbocycles. The van der Waals surface area contributed by atoms with Gasteiger partial charge >= 0.3 is 6.03 Å². The van der Waals surface area contributed by atoms with Gasteiger partial charge in [0.2, 0.25) is 5.91 Å². The number of hydrogen-bond donors (Lipinski definition) is 2. The molecule has 0 aliphatic rings. The van der Waals surface area contributed by atoms with Crippen LogP contribution in [0, 0.1) is 0 Å². The van der Waals surface area contributed by atoms with Crippen LogP contribution in [0.25, 0.3) is 0 Å². The Morgan fingerprint density at radius 1 is 1.17 bits per heavy atom. The lowest BCUT2D eigenvalue weighted by molar-refractivity contribution is -0.121. The molecule has 0 aliphatic heterocycles. The Labute approximate surface area is 143 Å². The first kappa shape index (κ1) is 17.4. The zero-order chi connectivity index (χ0) is 16.5. The Morgan fingerprint density at radius 2 is 1.87 bits per heavy atom. The number of nitrogens with zero attached hydrogens (tertiary/aromatic N) is 1. The largest absolute Gasteiger partial charge is 0.333 e. The molecule has 0 radical (unpaired) electrons. The molecule has 23 heavy (non-hydrogen) atoms. The Balaban J connectivity index is 1.76. The molecule has 2 aromatic rings. The summed E-state index contributed by atoms with van der Waals surface area (Å²) in [6.45, 7) is 5.52. The molecule has 3 amide bonds. The molecular formula is C16H19N3O2S2. The van der Waals surface area contributed by atoms with E-state index in [1.807, 2.05) is 39.9 Å². The van der Waals surface area contributed by atoms with Gasteiger partial charge in [-0.2, -0.15) is 0 Å². The predicted molar refractivity (Wildman–Crippen MR) is 94.5 cm³/mol. The second kappa shape index (κ2) is 9.24. The van der Waals surface area contributed by atoms with Crippen molar-refractivity contribution in [3.63, 3.8) is 0 Å². The molecule has 2 N–H and O–H groups in total. The highest BCUT2D eigenvalue weighted by molar-refractivity contribution is 7.10. The van der Waals surface area contributed by atoms with Crippen molar-refractivity contribution in [2.75, 3.05) is 13.1 Å². The summed E-state index contributed by atoms with van der Waals surface area (Å²) in [6.07, 6.45) is 1.75. The van der Waals surface area contributed by atoms with Gasteiger partial charge in [-0.05, 0) is 22.9 Å². The molecule has 2 aromatic heterocycles. The minimum atomic E-state index is -0.474. The lowest BCUT2D eigenvalue weighted by Crippen LogP contribution is -2.44. The molecule has 0 fully saturated rings. The van der Waals surface area contributed by atoms with Gasteiger partial charge < -0.3 is 5.32 Å². The van der Waals surface area contributed by atoms with Gasteiger partial charge in [0.15, 0.2) is 0 Å². The van der Waals surface area contributed by atoms with Crippen LogP contribution >= 0.6 is 22.7 Å². The summed E-state index contributed by atoms with van der Waals surface area (Å²) >= 11 is 3.20. The Kier molecular flexibility index (Phi) is 6.99. The zero-order valence-corrected chi connectivity index (χ0v) is 14.3. The molecule has 0 aromatic carbocycles. The van der Waals surface area contributed by atoms with Crippen molar-refractivity contribution in [1.82, 2.24) is 15.5 Å². The summed E-state index contributed by atoms with van der Waals surface area (Å²) in [6, 6.07) is 7.37. The number of hydrogen-bond acceptors (Lipinski definition) is 5. The summed E-state index contributed by atoms with van der Waals surface area (Å²) in [5.74, 6) is -0.327. The number of carbonyl (C=O) groups is 2. The van der Waals surface area contributed by atoms with E-state index in [0.717, 1.165) is 4.88 Å². The lowest BCUT2D eigenvalue weighted by Gasteiger charge is -2.19. The molecule has 0 saturated heterocycles. The minimum absolute atomic E-state index is 0.149. The highest BCUT2D eigenvalue weighted by Crippen LogP contribution is 2.11. The van der Waals surface area contributed by atoms with E-state index in [-0.39, 0.29) is 12.5 Å². The van der Waals surface area contributed by atoms with Crippen LogP contribution in [0.2, 0.25) is 0 Å². The van der Waals surface area contributed by atoms with Gasteiger partial charge in [0.1, 0.15) is 0 Å². The highest BCUT2D eigenvalue weighted by Gasteiger charge is 2.13. The minimum Gasteiger partial charge on any atom is -0.333 e. The van der Waals surface area contributed by atoms with Crippen molar-refractivity contribution in [1.29, 1.82) is 0 Å². The van der Waals surface area contributed by atoms with Crippen LogP contribution in [-0.2, 0) is 17.9 Å². The highest BCUT2D eigenvalue weighted by atomic mass is 32.1. The lowest BCUT2D eigenvalue weighted by atomic mass is 10.3. The predicted octanol–water partition coefficient (Wildman–Crippen LogP) is 2.82. The fourth-order valence-corrected chi connectivity index (χ4v) is 3.38. The third-order valence-corrected chi connectivity index (χ3v) is 4.71. The van der Waals surface area contributed by atoms with E-state index in [1.54, 1.807) is 28.7 Å². The number of thiophene rings is 2. The third kappa shape index (κ3) is 6.35. The van der Waals surface area contributed by atoms with Crippen LogP contribution in [0.3, 0.4) is 0 Å². The van der Waals surface area contributed by atoms with Gasteiger partial charge in [0.05, 0.1) is 13.1 Å². The molecule has 0 spiro atoms. The average Bonchev–Trinajstić information content (AvgIpc) is 3.18. The number of rotatable bonds is 8. The van der Waals surface area contributed by atoms with E-state index < -0.39 is 6.03 Å². The SMILES string of the molecule is C=CCN(CC(=O)NC(=O)NCc1cccs1)Cc1cccs1. The molecule has 0 bridgehead atoms. The molecule has 0 unspecified atom stereocenters. The van der Waals surface area contributed by atoms with E-state index in [0.29, 0.717) is 19.6 Å². The van der Waals surface area contributed by atoms with Gasteiger partial charge in [0.25, 0.3) is 0 Å². The van der Waals surface area contributed by atoms with Crippen LogP contribution in [0.5, 0.6) is 0 Å². The maximum Gasteiger partial charge on any atom is 0.321 e. The molecule has 0 aliphatic carbocycles. The number of amides is 3. The molecule has 0 atom stereocenters. The first-order chi connectivity index (χ1) is 11.2. The molecule has 2 heterocycles. The maximum atomic E-state index is 12.0. The van der Waals surface area contributed by atoms with Crippen LogP contribution in [0.15, 0.2) is 47.7 Å². The van der Waals surface area contributed by atoms with Crippen molar-refractivity contribution in [3.05, 3.63) is 57.4 Å². The Hall–Kier alpha value is -1.96. The fourth-order valence-electron chi connectivity index (χ4n) is 1.98. The van der Waals surface area contributed by atoms with E-state index in [4.69, 9.17) is 0 Å². The van der Waals surface area contributed by atoms with Crippen molar-refractivity contribution in [2.24, 2.45) is 0 Å². The van der Waals surface area contributed by atoms with Gasteiger partial charge in [-0.1, -0.05) is 18.2 Å². The van der Waals surface area contributed by atoms with Crippen molar-refractivity contribution >= 4 is 34.6 Å². The molecule has 2 rings (SSSR count). The first-order valence-corrected chi connectivity index (χ1v) is 8.89. The number of carbonyl (C=O) groups excluding carboxylic acids is 2. The Bertz CT molecular complexity index is 624. The molecular weight excluding hydrogens is 330 g/mol. The average molecular weight is 349 g/mol. The molecule has 5 nitrogen and oxygen atoms in total. The van der Waals surface area contributed by atoms with Gasteiger partial charge in [-0.15, -0.1) is 29.3 Å². The van der Waals surface area contributed by atoms with Crippen LogP contribution in [0.4, 0.5) is 4.79 Å². The van der Waals surface area contributed by atoms with E-state index in [2.05, 4.69) is 17.2 Å². The van der Waals surface area contributed by atoms with E-state index in [1.165, 1.54) is 4.88 Å². The van der Waals surface area contributed by atoms with Crippen molar-refractivity contribution in [3.8, 4) is 0 Å². The van der Waals surface area contributed by atoms with E-state index in [9.17, 15) is 9.59 Å². The monoisotopic (exact) mass is 349 g/mol. The molecule has 7 heteroatoms. The standard InChI is InChI=1S/C16H19N3O2S2/c1-2-7-19(11-14-6-4-9-23-14)12-15(20)18-16(21)17-10-13-5-3-8-22-13/h2-6,8-9H,1,7,10-12H2,(H2,17,18,20,21). The second-order valence-corrected chi connectivity index (χ2v) is 6.91. The number of urea groups is 1. The normalized spacial score (nSPS) is 10.5. The van der Waals surface area contributed by atoms with Crippen molar-refractivity contribution < 1.29 is 9.59 Å². The first-order valence-electron chi connectivity index (χ1n) is 7.13. The van der Waals surface area contributed by atoms with Crippen LogP contribution < -0.4 is 10.6 Å². The molecule has 122 valence electrons. The summed E-state index contributed by atoms with van der Waals surface area (Å²) in [4.78, 5) is 27.9. The summed E-state index contributed by atoms with van der Waals surface area (Å²) < 4.78 is 0. The summed E-state index contributed by atoms with van der Waals surface area (Å²) in [5, 5.41) is 8.97. The topological polar surface area (TPSA) is 61.4 Å². The number of nitrogens with one attached hydrogen (secondary N) is 2. The summed E-state index contributed by atoms with van der Waals surface area (Å²) in [5.41, 5.74) is 0. The smallest absolute Gasteiger partial charge is 0.321 e. The summed E-state index contributed by atoms with van der Waals surface area (Å²) in [7, 11) is 0. The van der Waals surface area contributed by atoms with E-state index >= 15 is 0 Å². The number of imide groups is 1. The maximum absolute atomic E-state index is 12.0. The second-order valence-electron chi connectivity index (χ2n) is 4.85.